The maximum absolute atomic E-state index is 14.2. The number of amides is 6. The van der Waals surface area contributed by atoms with Gasteiger partial charge in [-0.15, -0.1) is 0 Å². The summed E-state index contributed by atoms with van der Waals surface area (Å²) < 4.78 is 11.1. The Labute approximate surface area is 356 Å². The minimum absolute atomic E-state index is 0.00903. The summed E-state index contributed by atoms with van der Waals surface area (Å²) in [7, 11) is 6.67. The number of nitrogens with zero attached hydrogens (tertiary/aromatic N) is 4. The highest BCUT2D eigenvalue weighted by molar-refractivity contribution is 6.06. The summed E-state index contributed by atoms with van der Waals surface area (Å²) in [6, 6.07) is 5.89. The van der Waals surface area contributed by atoms with Gasteiger partial charge in [0.15, 0.2) is 6.10 Å². The molecular weight excluding hydrogens is 769 g/mol. The molecule has 1 saturated heterocycles. The van der Waals surface area contributed by atoms with Crippen LogP contribution < -0.4 is 10.6 Å². The fourth-order valence-corrected chi connectivity index (χ4v) is 8.20. The number of carbonyl (C=O) groups excluding carboxylic acids is 7. The molecule has 1 aromatic rings. The zero-order chi connectivity index (χ0) is 45.0. The summed E-state index contributed by atoms with van der Waals surface area (Å²) in [6.45, 7) is 15.4. The quantitative estimate of drug-likeness (QED) is 0.138. The normalized spacial score (nSPS) is 18.8. The van der Waals surface area contributed by atoms with Gasteiger partial charge in [-0.25, -0.2) is 0 Å². The summed E-state index contributed by atoms with van der Waals surface area (Å²) in [5.74, 6) is -3.57. The maximum atomic E-state index is 14.2. The lowest BCUT2D eigenvalue weighted by Crippen LogP contribution is -2.60. The van der Waals surface area contributed by atoms with Crippen LogP contribution in [-0.2, 0) is 49.5 Å². The molecule has 2 aliphatic rings. The van der Waals surface area contributed by atoms with Crippen LogP contribution in [0.15, 0.2) is 42.2 Å². The lowest BCUT2D eigenvalue weighted by Gasteiger charge is -2.38. The highest BCUT2D eigenvalue weighted by Gasteiger charge is 2.44. The highest BCUT2D eigenvalue weighted by atomic mass is 16.5. The first-order chi connectivity index (χ1) is 28.2. The van der Waals surface area contributed by atoms with Crippen molar-refractivity contribution in [1.29, 1.82) is 0 Å². The number of hydrogen-bond acceptors (Lipinski definition) is 10. The molecule has 2 N–H and O–H groups in total. The second kappa shape index (κ2) is 22.7. The van der Waals surface area contributed by atoms with Crippen LogP contribution in [0.25, 0.3) is 0 Å². The van der Waals surface area contributed by atoms with Crippen LogP contribution in [0.5, 0.6) is 0 Å². The zero-order valence-electron chi connectivity index (χ0n) is 37.9. The molecule has 334 valence electrons. The fraction of sp³-hybridized carbons (Fsp3) is 0.667. The van der Waals surface area contributed by atoms with E-state index in [1.54, 1.807) is 25.8 Å². The first-order valence-electron chi connectivity index (χ1n) is 21.4. The second-order valence-corrected chi connectivity index (χ2v) is 17.6. The number of unbranched alkanes of at least 4 members (excludes halogenated alkanes) is 1. The van der Waals surface area contributed by atoms with Gasteiger partial charge in [0.1, 0.15) is 29.9 Å². The Morgan fingerprint density at radius 1 is 0.833 bits per heavy atom. The predicted octanol–water partition coefficient (Wildman–Crippen LogP) is 3.55. The molecule has 0 aliphatic carbocycles. The average molecular weight is 839 g/mol. The van der Waals surface area contributed by atoms with Crippen molar-refractivity contribution in [2.75, 3.05) is 41.3 Å². The number of benzene rings is 1. The number of esters is 1. The van der Waals surface area contributed by atoms with Gasteiger partial charge in [0, 0.05) is 39.1 Å². The molecule has 0 radical (unpaired) electrons. The van der Waals surface area contributed by atoms with E-state index >= 15 is 0 Å². The summed E-state index contributed by atoms with van der Waals surface area (Å²) >= 11 is 0. The highest BCUT2D eigenvalue weighted by Crippen LogP contribution is 2.28. The molecule has 3 rings (SSSR count). The molecule has 2 heterocycles. The summed E-state index contributed by atoms with van der Waals surface area (Å²) in [5.41, 5.74) is 0.911. The molecule has 15 heteroatoms. The lowest BCUT2D eigenvalue weighted by molar-refractivity contribution is -0.166. The van der Waals surface area contributed by atoms with E-state index in [1.807, 2.05) is 90.9 Å². The Bertz CT molecular complexity index is 1690. The topological polar surface area (TPSA) is 175 Å². The number of rotatable bonds is 21. The molecule has 0 bridgehead atoms. The second-order valence-electron chi connectivity index (χ2n) is 17.6. The number of nitrogens with one attached hydrogen (secondary N) is 2. The minimum atomic E-state index is -1.19. The molecular formula is C45H70N6O9. The molecule has 0 aromatic heterocycles. The Balaban J connectivity index is 1.57. The fourth-order valence-electron chi connectivity index (χ4n) is 8.20. The lowest BCUT2D eigenvalue weighted by atomic mass is 9.96. The number of methoxy groups -OCH3 is 1. The van der Waals surface area contributed by atoms with Crippen molar-refractivity contribution in [2.24, 2.45) is 23.7 Å². The third kappa shape index (κ3) is 12.6. The van der Waals surface area contributed by atoms with Crippen LogP contribution in [0.1, 0.15) is 93.1 Å². The van der Waals surface area contributed by atoms with Gasteiger partial charge in [-0.2, -0.15) is 0 Å². The van der Waals surface area contributed by atoms with Crippen LogP contribution in [0, 0.1) is 23.7 Å². The van der Waals surface area contributed by atoms with Gasteiger partial charge in [-0.1, -0.05) is 85.7 Å². The SMILES string of the molecule is COC1=CC(=O)N(C(=O)[C@@H](OC(=O)CCCCNC(=O)[C@@H]2CCCN2C(=O)[C@H](C(C)C)N(C)C(=O)[C@@H](NC(=O)[C@H](C(C)C)N(C)C)C(C)C)C(C)C)[C@H]1Cc1ccccc1. The van der Waals surface area contributed by atoms with Crippen molar-refractivity contribution >= 4 is 41.4 Å². The third-order valence-electron chi connectivity index (χ3n) is 11.3. The summed E-state index contributed by atoms with van der Waals surface area (Å²) in [5, 5.41) is 5.86. The van der Waals surface area contributed by atoms with Crippen LogP contribution >= 0.6 is 0 Å². The van der Waals surface area contributed by atoms with Gasteiger partial charge in [0.05, 0.1) is 13.2 Å². The Morgan fingerprint density at radius 2 is 1.47 bits per heavy atom. The zero-order valence-corrected chi connectivity index (χ0v) is 37.9. The van der Waals surface area contributed by atoms with Gasteiger partial charge in [0.2, 0.25) is 23.6 Å². The molecule has 6 atom stereocenters. The monoisotopic (exact) mass is 839 g/mol. The number of hydrogen-bond donors (Lipinski definition) is 2. The Morgan fingerprint density at radius 3 is 2.02 bits per heavy atom. The van der Waals surface area contributed by atoms with Crippen molar-refractivity contribution in [3.63, 3.8) is 0 Å². The van der Waals surface area contributed by atoms with Gasteiger partial charge in [-0.3, -0.25) is 43.4 Å². The number of ether oxygens (including phenoxy) is 2. The molecule has 2 aliphatic heterocycles. The average Bonchev–Trinajstić information content (AvgIpc) is 3.79. The van der Waals surface area contributed by atoms with Crippen LogP contribution in [0.3, 0.4) is 0 Å². The van der Waals surface area contributed by atoms with Crippen molar-refractivity contribution < 1.29 is 43.0 Å². The van der Waals surface area contributed by atoms with Gasteiger partial charge >= 0.3 is 5.97 Å². The van der Waals surface area contributed by atoms with Gasteiger partial charge in [0.25, 0.3) is 11.8 Å². The van der Waals surface area contributed by atoms with E-state index in [1.165, 1.54) is 18.1 Å². The molecule has 15 nitrogen and oxygen atoms in total. The van der Waals surface area contributed by atoms with E-state index in [4.69, 9.17) is 9.47 Å². The summed E-state index contributed by atoms with van der Waals surface area (Å²) in [4.78, 5) is 101. The summed E-state index contributed by atoms with van der Waals surface area (Å²) in [6.07, 6.45) is 2.34. The van der Waals surface area contributed by atoms with Crippen LogP contribution in [0.2, 0.25) is 0 Å². The smallest absolute Gasteiger partial charge is 0.306 e. The Hall–Kier alpha value is -4.79. The number of likely N-dealkylation sites (tertiary alicyclic amines) is 1. The largest absolute Gasteiger partial charge is 0.499 e. The molecule has 0 unspecified atom stereocenters. The molecule has 0 spiro atoms. The van der Waals surface area contributed by atoms with E-state index in [0.717, 1.165) is 10.5 Å². The van der Waals surface area contributed by atoms with Gasteiger partial charge in [-0.05, 0) is 69.0 Å². The first-order valence-corrected chi connectivity index (χ1v) is 21.4. The van der Waals surface area contributed by atoms with Crippen molar-refractivity contribution in [3.05, 3.63) is 47.7 Å². The van der Waals surface area contributed by atoms with E-state index in [2.05, 4.69) is 10.6 Å². The van der Waals surface area contributed by atoms with E-state index in [0.29, 0.717) is 44.4 Å². The number of likely N-dealkylation sites (N-methyl/N-ethyl adjacent to an activating group) is 2. The first kappa shape index (κ1) is 49.6. The molecule has 0 saturated carbocycles. The molecule has 1 fully saturated rings. The van der Waals surface area contributed by atoms with E-state index in [9.17, 15) is 33.6 Å². The van der Waals surface area contributed by atoms with E-state index < -0.39 is 60.0 Å². The van der Waals surface area contributed by atoms with Crippen LogP contribution in [-0.4, -0.2) is 139 Å². The van der Waals surface area contributed by atoms with Gasteiger partial charge < -0.3 is 29.9 Å². The minimum Gasteiger partial charge on any atom is -0.499 e. The van der Waals surface area contributed by atoms with Crippen molar-refractivity contribution in [2.45, 2.75) is 130 Å². The van der Waals surface area contributed by atoms with E-state index in [-0.39, 0.29) is 54.3 Å². The molecule has 60 heavy (non-hydrogen) atoms. The Kier molecular flexibility index (Phi) is 18.8. The third-order valence-corrected chi connectivity index (χ3v) is 11.3. The molecule has 1 aromatic carbocycles. The number of carbonyl (C=O) groups is 7. The van der Waals surface area contributed by atoms with Crippen molar-refractivity contribution in [3.8, 4) is 0 Å². The standard InChI is InChI=1S/C45H70N6O9/c1-27(2)37(47-42(55)38(28(3)4)48(9)10)43(56)49(11)39(29(5)6)44(57)50-24-18-21-32(50)41(54)46-23-17-16-22-36(53)60-40(30(7)8)45(58)51-33(34(59-12)26-35(51)52)25-31-19-14-13-15-20-31/h13-15,19-20,26-30,32-33,37-40H,16-18,21-25H2,1-12H3,(H,46,54)(H,47,55)/t32-,33-,37-,38-,39-,40-/m0/s1. The van der Waals surface area contributed by atoms with Crippen molar-refractivity contribution in [1.82, 2.24) is 30.2 Å². The predicted molar refractivity (Wildman–Crippen MR) is 228 cm³/mol. The number of imide groups is 1. The van der Waals surface area contributed by atoms with Crippen LogP contribution in [0.4, 0.5) is 0 Å². The maximum Gasteiger partial charge on any atom is 0.306 e. The molecule has 6 amide bonds.